The number of aliphatic hydroxyl groups is 1. The molecular weight excluding hydrogens is 362 g/mol. The van der Waals surface area contributed by atoms with Gasteiger partial charge in [-0.25, -0.2) is 0 Å². The van der Waals surface area contributed by atoms with E-state index in [1.807, 2.05) is 36.4 Å². The Morgan fingerprint density at radius 2 is 1.81 bits per heavy atom. The van der Waals surface area contributed by atoms with Crippen LogP contribution in [0.2, 0.25) is 0 Å². The van der Waals surface area contributed by atoms with Crippen molar-refractivity contribution in [2.45, 2.75) is 23.7 Å². The number of amidine groups is 1. The van der Waals surface area contributed by atoms with Crippen LogP contribution in [0.15, 0.2) is 59.6 Å². The van der Waals surface area contributed by atoms with Gasteiger partial charge in [0.05, 0.1) is 5.69 Å². The fraction of sp³-hybridized carbons (Fsp3) is 0.250. The van der Waals surface area contributed by atoms with Crippen LogP contribution in [-0.2, 0) is 21.6 Å². The molecule has 2 aliphatic rings. The molecule has 2 aliphatic heterocycles. The number of para-hydroxylation sites is 1. The van der Waals surface area contributed by atoms with E-state index in [-0.39, 0.29) is 5.17 Å². The van der Waals surface area contributed by atoms with Crippen molar-refractivity contribution in [1.29, 1.82) is 0 Å². The Morgan fingerprint density at radius 3 is 2.52 bits per heavy atom. The van der Waals surface area contributed by atoms with Gasteiger partial charge in [-0.15, -0.1) is 0 Å². The molecule has 2 amide bonds. The summed E-state index contributed by atoms with van der Waals surface area (Å²) in [6.45, 7) is 0.453. The molecule has 0 spiro atoms. The van der Waals surface area contributed by atoms with Gasteiger partial charge in [0.1, 0.15) is 5.25 Å². The number of benzene rings is 2. The second-order valence-electron chi connectivity index (χ2n) is 6.62. The van der Waals surface area contributed by atoms with E-state index < -0.39 is 22.7 Å². The number of hydrogen-bond donors (Lipinski definition) is 2. The van der Waals surface area contributed by atoms with Crippen LogP contribution in [0, 0.1) is 0 Å². The number of rotatable bonds is 5. The lowest BCUT2D eigenvalue weighted by molar-refractivity contribution is -0.140. The Hall–Kier alpha value is -2.64. The number of hydrogen-bond acceptors (Lipinski definition) is 5. The fourth-order valence-electron chi connectivity index (χ4n) is 3.65. The molecule has 2 aromatic carbocycles. The van der Waals surface area contributed by atoms with Crippen molar-refractivity contribution in [3.8, 4) is 0 Å². The maximum Gasteiger partial charge on any atom is 0.265 e. The van der Waals surface area contributed by atoms with Gasteiger partial charge in [0.25, 0.3) is 11.8 Å². The molecular formula is C20H19N3O3S. The lowest BCUT2D eigenvalue weighted by Gasteiger charge is -2.26. The standard InChI is InChI=1S/C20H19N3O3S/c21-19-22-17(24)16(27-19)20(26)14-10-4-5-11-15(14)23(18(20)25)12-6-9-13-7-2-1-3-8-13/h1-5,7-8,10-11,16,26H,6,9,12H2,(H2,21,22,24)/t16-,20-/m1/s1. The molecule has 0 fully saturated rings. The van der Waals surface area contributed by atoms with Gasteiger partial charge in [-0.1, -0.05) is 60.3 Å². The minimum atomic E-state index is -1.95. The second kappa shape index (κ2) is 6.83. The molecule has 0 aromatic heterocycles. The molecule has 2 atom stereocenters. The topological polar surface area (TPSA) is 96.0 Å². The first-order valence-electron chi connectivity index (χ1n) is 8.74. The molecule has 3 N–H and O–H groups in total. The molecule has 6 nitrogen and oxygen atoms in total. The van der Waals surface area contributed by atoms with Gasteiger partial charge < -0.3 is 15.7 Å². The van der Waals surface area contributed by atoms with Crippen molar-refractivity contribution >= 4 is 34.4 Å². The summed E-state index contributed by atoms with van der Waals surface area (Å²) < 4.78 is 0. The summed E-state index contributed by atoms with van der Waals surface area (Å²) in [5.74, 6) is -1.07. The minimum Gasteiger partial charge on any atom is -0.378 e. The van der Waals surface area contributed by atoms with E-state index >= 15 is 0 Å². The highest BCUT2D eigenvalue weighted by atomic mass is 32.2. The Kier molecular flexibility index (Phi) is 4.49. The average Bonchev–Trinajstić information content (AvgIpc) is 3.13. The Morgan fingerprint density at radius 1 is 1.11 bits per heavy atom. The number of aryl methyl sites for hydroxylation is 1. The van der Waals surface area contributed by atoms with Crippen LogP contribution in [-0.4, -0.2) is 33.9 Å². The van der Waals surface area contributed by atoms with Crippen LogP contribution in [0.1, 0.15) is 17.5 Å². The van der Waals surface area contributed by atoms with Crippen molar-refractivity contribution in [2.75, 3.05) is 11.4 Å². The molecule has 138 valence electrons. The monoisotopic (exact) mass is 381 g/mol. The summed E-state index contributed by atoms with van der Waals surface area (Å²) in [6, 6.07) is 17.1. The summed E-state index contributed by atoms with van der Waals surface area (Å²) >= 11 is 0.941. The second-order valence-corrected chi connectivity index (χ2v) is 7.74. The van der Waals surface area contributed by atoms with E-state index in [1.54, 1.807) is 23.1 Å². The zero-order valence-corrected chi connectivity index (χ0v) is 15.4. The zero-order valence-electron chi connectivity index (χ0n) is 14.5. The number of carbonyl (C=O) groups is 2. The maximum absolute atomic E-state index is 13.2. The largest absolute Gasteiger partial charge is 0.378 e. The van der Waals surface area contributed by atoms with Crippen molar-refractivity contribution in [2.24, 2.45) is 10.7 Å². The van der Waals surface area contributed by atoms with E-state index in [1.165, 1.54) is 5.56 Å². The quantitative estimate of drug-likeness (QED) is 0.823. The zero-order chi connectivity index (χ0) is 19.0. The summed E-state index contributed by atoms with van der Waals surface area (Å²) in [5, 5.41) is 10.3. The smallest absolute Gasteiger partial charge is 0.265 e. The first kappa shape index (κ1) is 17.8. The summed E-state index contributed by atoms with van der Waals surface area (Å²) in [6.07, 6.45) is 1.56. The van der Waals surface area contributed by atoms with Gasteiger partial charge in [0.15, 0.2) is 10.8 Å². The summed E-state index contributed by atoms with van der Waals surface area (Å²) in [7, 11) is 0. The number of carbonyl (C=O) groups excluding carboxylic acids is 2. The molecule has 0 saturated carbocycles. The van der Waals surface area contributed by atoms with Gasteiger partial charge in [-0.05, 0) is 24.5 Å². The van der Waals surface area contributed by atoms with Crippen molar-refractivity contribution in [3.63, 3.8) is 0 Å². The molecule has 0 unspecified atom stereocenters. The molecule has 0 aliphatic carbocycles. The van der Waals surface area contributed by atoms with Gasteiger partial charge in [-0.2, -0.15) is 4.99 Å². The Balaban J connectivity index is 1.59. The minimum absolute atomic E-state index is 0.0752. The SMILES string of the molecule is NC1=NC(=O)[C@H]([C@@]2(O)C(=O)N(CCCc3ccccc3)c3ccccc32)S1. The number of amides is 2. The normalized spacial score (nSPS) is 24.3. The van der Waals surface area contributed by atoms with E-state index in [4.69, 9.17) is 5.73 Å². The lowest BCUT2D eigenvalue weighted by atomic mass is 9.91. The van der Waals surface area contributed by atoms with E-state index in [9.17, 15) is 14.7 Å². The van der Waals surface area contributed by atoms with Gasteiger partial charge in [-0.3, -0.25) is 9.59 Å². The van der Waals surface area contributed by atoms with E-state index in [0.717, 1.165) is 24.6 Å². The van der Waals surface area contributed by atoms with Gasteiger partial charge >= 0.3 is 0 Å². The molecule has 0 radical (unpaired) electrons. The van der Waals surface area contributed by atoms with E-state index in [2.05, 4.69) is 4.99 Å². The lowest BCUT2D eigenvalue weighted by Crippen LogP contribution is -2.49. The highest BCUT2D eigenvalue weighted by molar-refractivity contribution is 8.15. The highest BCUT2D eigenvalue weighted by Crippen LogP contribution is 2.47. The number of fused-ring (bicyclic) bond motifs is 1. The van der Waals surface area contributed by atoms with Crippen LogP contribution in [0.4, 0.5) is 5.69 Å². The Bertz CT molecular complexity index is 931. The molecule has 2 aromatic rings. The number of thioether (sulfide) groups is 1. The van der Waals surface area contributed by atoms with Crippen molar-refractivity contribution < 1.29 is 14.7 Å². The number of nitrogens with zero attached hydrogens (tertiary/aromatic N) is 2. The molecule has 2 heterocycles. The number of nitrogens with two attached hydrogens (primary N) is 1. The molecule has 0 saturated heterocycles. The molecule has 4 rings (SSSR count). The van der Waals surface area contributed by atoms with E-state index in [0.29, 0.717) is 17.8 Å². The number of anilines is 1. The predicted octanol–water partition coefficient (Wildman–Crippen LogP) is 1.81. The van der Waals surface area contributed by atoms with Crippen LogP contribution in [0.3, 0.4) is 0 Å². The fourth-order valence-corrected chi connectivity index (χ4v) is 4.59. The van der Waals surface area contributed by atoms with Crippen molar-refractivity contribution in [1.82, 2.24) is 0 Å². The van der Waals surface area contributed by atoms with Crippen LogP contribution in [0.25, 0.3) is 0 Å². The third-order valence-electron chi connectivity index (χ3n) is 4.93. The molecule has 7 heteroatoms. The third kappa shape index (κ3) is 2.93. The maximum atomic E-state index is 13.2. The van der Waals surface area contributed by atoms with Gasteiger partial charge in [0, 0.05) is 12.1 Å². The first-order chi connectivity index (χ1) is 13.0. The summed E-state index contributed by atoms with van der Waals surface area (Å²) in [4.78, 5) is 30.7. The van der Waals surface area contributed by atoms with Crippen LogP contribution >= 0.6 is 11.8 Å². The van der Waals surface area contributed by atoms with Crippen LogP contribution in [0.5, 0.6) is 0 Å². The van der Waals surface area contributed by atoms with Gasteiger partial charge in [0.2, 0.25) is 0 Å². The highest BCUT2D eigenvalue weighted by Gasteiger charge is 2.58. The Labute approximate surface area is 161 Å². The molecule has 0 bridgehead atoms. The first-order valence-corrected chi connectivity index (χ1v) is 9.62. The van der Waals surface area contributed by atoms with Crippen molar-refractivity contribution in [3.05, 3.63) is 65.7 Å². The molecule has 27 heavy (non-hydrogen) atoms. The summed E-state index contributed by atoms with van der Waals surface area (Å²) in [5.41, 5.74) is 5.96. The van der Waals surface area contributed by atoms with Crippen LogP contribution < -0.4 is 10.6 Å². The third-order valence-corrected chi connectivity index (χ3v) is 6.04. The predicted molar refractivity (Wildman–Crippen MR) is 105 cm³/mol. The average molecular weight is 381 g/mol. The number of aliphatic imine (C=N–C) groups is 1.